The molecular formula is C17H21NO2. The highest BCUT2D eigenvalue weighted by molar-refractivity contribution is 5.94. The summed E-state index contributed by atoms with van der Waals surface area (Å²) in [5.41, 5.74) is 1.82. The smallest absolute Gasteiger partial charge is 0.251 e. The molecule has 0 heterocycles. The molecule has 1 fully saturated rings. The van der Waals surface area contributed by atoms with E-state index in [1.165, 1.54) is 6.42 Å². The zero-order valence-electron chi connectivity index (χ0n) is 12.1. The number of hydrogen-bond acceptors (Lipinski definition) is 2. The first-order valence-corrected chi connectivity index (χ1v) is 7.01. The molecule has 1 unspecified atom stereocenters. The minimum absolute atomic E-state index is 0.0430. The van der Waals surface area contributed by atoms with E-state index in [0.29, 0.717) is 23.3 Å². The van der Waals surface area contributed by atoms with E-state index in [0.717, 1.165) is 12.1 Å². The molecule has 3 nitrogen and oxygen atoms in total. The SMILES string of the molecule is CC1(C)CC1CNC(=O)c1cccc(C#CCCO)c1. The first kappa shape index (κ1) is 14.6. The number of carbonyl (C=O) groups is 1. The van der Waals surface area contributed by atoms with Gasteiger partial charge in [0.25, 0.3) is 5.91 Å². The van der Waals surface area contributed by atoms with Crippen LogP contribution in [0.3, 0.4) is 0 Å². The van der Waals surface area contributed by atoms with E-state index in [9.17, 15) is 4.79 Å². The summed E-state index contributed by atoms with van der Waals surface area (Å²) in [6.45, 7) is 5.25. The summed E-state index contributed by atoms with van der Waals surface area (Å²) in [6, 6.07) is 7.28. The highest BCUT2D eigenvalue weighted by Gasteiger charge is 2.45. The van der Waals surface area contributed by atoms with Gasteiger partial charge in [-0.15, -0.1) is 0 Å². The molecule has 1 amide bonds. The third-order valence-electron chi connectivity index (χ3n) is 3.82. The Bertz CT molecular complexity index is 552. The summed E-state index contributed by atoms with van der Waals surface area (Å²) >= 11 is 0. The van der Waals surface area contributed by atoms with Crippen LogP contribution < -0.4 is 5.32 Å². The van der Waals surface area contributed by atoms with Gasteiger partial charge >= 0.3 is 0 Å². The van der Waals surface area contributed by atoms with Crippen molar-refractivity contribution < 1.29 is 9.90 Å². The zero-order chi connectivity index (χ0) is 14.6. The Hall–Kier alpha value is -1.79. The summed E-state index contributed by atoms with van der Waals surface area (Å²) in [5.74, 6) is 6.35. The predicted octanol–water partition coefficient (Wildman–Crippen LogP) is 2.20. The van der Waals surface area contributed by atoms with Gasteiger partial charge in [-0.1, -0.05) is 31.8 Å². The molecule has 0 aromatic heterocycles. The largest absolute Gasteiger partial charge is 0.395 e. The summed E-state index contributed by atoms with van der Waals surface area (Å²) in [6.07, 6.45) is 1.63. The van der Waals surface area contributed by atoms with E-state index in [2.05, 4.69) is 31.0 Å². The van der Waals surface area contributed by atoms with Crippen molar-refractivity contribution in [3.05, 3.63) is 35.4 Å². The molecule has 1 aromatic carbocycles. The Kier molecular flexibility index (Phi) is 4.46. The molecular weight excluding hydrogens is 250 g/mol. The normalized spacial score (nSPS) is 18.9. The Morgan fingerprint density at radius 3 is 2.90 bits per heavy atom. The van der Waals surface area contributed by atoms with E-state index >= 15 is 0 Å². The molecule has 0 saturated heterocycles. The van der Waals surface area contributed by atoms with Gasteiger partial charge in [0.2, 0.25) is 0 Å². The molecule has 0 aliphatic heterocycles. The number of nitrogens with one attached hydrogen (secondary N) is 1. The lowest BCUT2D eigenvalue weighted by molar-refractivity contribution is 0.0950. The molecule has 0 radical (unpaired) electrons. The van der Waals surface area contributed by atoms with Crippen molar-refractivity contribution in [2.45, 2.75) is 26.7 Å². The maximum Gasteiger partial charge on any atom is 0.251 e. The maximum absolute atomic E-state index is 12.1. The predicted molar refractivity (Wildman–Crippen MR) is 79.2 cm³/mol. The van der Waals surface area contributed by atoms with Gasteiger partial charge in [0, 0.05) is 24.1 Å². The molecule has 1 aliphatic carbocycles. The number of benzene rings is 1. The van der Waals surface area contributed by atoms with Gasteiger partial charge in [-0.3, -0.25) is 4.79 Å². The van der Waals surface area contributed by atoms with Crippen LogP contribution in [-0.2, 0) is 0 Å². The molecule has 0 bridgehead atoms. The van der Waals surface area contributed by atoms with Gasteiger partial charge in [-0.2, -0.15) is 0 Å². The van der Waals surface area contributed by atoms with Crippen LogP contribution in [0.25, 0.3) is 0 Å². The lowest BCUT2D eigenvalue weighted by Crippen LogP contribution is -2.26. The first-order valence-electron chi connectivity index (χ1n) is 7.01. The van der Waals surface area contributed by atoms with Crippen LogP contribution >= 0.6 is 0 Å². The average molecular weight is 271 g/mol. The van der Waals surface area contributed by atoms with Crippen LogP contribution in [0.1, 0.15) is 42.6 Å². The number of carbonyl (C=O) groups excluding carboxylic acids is 1. The minimum atomic E-state index is -0.0430. The first-order chi connectivity index (χ1) is 9.53. The number of aliphatic hydroxyl groups excluding tert-OH is 1. The van der Waals surface area contributed by atoms with E-state index < -0.39 is 0 Å². The number of amides is 1. The van der Waals surface area contributed by atoms with Gasteiger partial charge in [0.05, 0.1) is 6.61 Å². The van der Waals surface area contributed by atoms with Gasteiger partial charge in [-0.05, 0) is 36.0 Å². The van der Waals surface area contributed by atoms with Gasteiger partial charge in [0.1, 0.15) is 0 Å². The monoisotopic (exact) mass is 271 g/mol. The number of hydrogen-bond donors (Lipinski definition) is 2. The van der Waals surface area contributed by atoms with E-state index in [4.69, 9.17) is 5.11 Å². The second-order valence-electron chi connectivity index (χ2n) is 5.96. The molecule has 1 saturated carbocycles. The van der Waals surface area contributed by atoms with Crippen LogP contribution in [0.5, 0.6) is 0 Å². The molecule has 0 spiro atoms. The van der Waals surface area contributed by atoms with E-state index in [1.54, 1.807) is 12.1 Å². The lowest BCUT2D eigenvalue weighted by Gasteiger charge is -2.06. The second-order valence-corrected chi connectivity index (χ2v) is 5.96. The van der Waals surface area contributed by atoms with E-state index in [1.807, 2.05) is 12.1 Å². The van der Waals surface area contributed by atoms with Crippen molar-refractivity contribution in [2.24, 2.45) is 11.3 Å². The summed E-state index contributed by atoms with van der Waals surface area (Å²) in [5, 5.41) is 11.7. The van der Waals surface area contributed by atoms with E-state index in [-0.39, 0.29) is 12.5 Å². The minimum Gasteiger partial charge on any atom is -0.395 e. The van der Waals surface area contributed by atoms with Crippen LogP contribution in [0, 0.1) is 23.2 Å². The Morgan fingerprint density at radius 2 is 2.25 bits per heavy atom. The molecule has 1 aliphatic rings. The standard InChI is InChI=1S/C17H21NO2/c1-17(2)11-15(17)12-18-16(20)14-8-5-7-13(10-14)6-3-4-9-19/h5,7-8,10,15,19H,4,9,11-12H2,1-2H3,(H,18,20). The Balaban J connectivity index is 1.93. The topological polar surface area (TPSA) is 49.3 Å². The molecule has 106 valence electrons. The van der Waals surface area contributed by atoms with Crippen molar-refractivity contribution >= 4 is 5.91 Å². The van der Waals surface area contributed by atoms with Gasteiger partial charge < -0.3 is 10.4 Å². The fourth-order valence-electron chi connectivity index (χ4n) is 2.20. The highest BCUT2D eigenvalue weighted by Crippen LogP contribution is 2.50. The van der Waals surface area contributed by atoms with Crippen molar-refractivity contribution in [1.82, 2.24) is 5.32 Å². The van der Waals surface area contributed by atoms with Crippen molar-refractivity contribution in [2.75, 3.05) is 13.2 Å². The Morgan fingerprint density at radius 1 is 1.50 bits per heavy atom. The fourth-order valence-corrected chi connectivity index (χ4v) is 2.20. The third-order valence-corrected chi connectivity index (χ3v) is 3.82. The summed E-state index contributed by atoms with van der Waals surface area (Å²) in [4.78, 5) is 12.1. The number of rotatable bonds is 4. The second kappa shape index (κ2) is 6.11. The molecule has 1 aromatic rings. The molecule has 20 heavy (non-hydrogen) atoms. The molecule has 1 atom stereocenters. The third kappa shape index (κ3) is 3.85. The van der Waals surface area contributed by atoms with Crippen LogP contribution in [0.4, 0.5) is 0 Å². The summed E-state index contributed by atoms with van der Waals surface area (Å²) < 4.78 is 0. The van der Waals surface area contributed by atoms with Gasteiger partial charge in [0.15, 0.2) is 0 Å². The fraction of sp³-hybridized carbons (Fsp3) is 0.471. The van der Waals surface area contributed by atoms with Crippen LogP contribution in [0.15, 0.2) is 24.3 Å². The van der Waals surface area contributed by atoms with Crippen molar-refractivity contribution in [3.8, 4) is 11.8 Å². The molecule has 2 N–H and O–H groups in total. The van der Waals surface area contributed by atoms with Crippen LogP contribution in [0.2, 0.25) is 0 Å². The maximum atomic E-state index is 12.1. The molecule has 2 rings (SSSR count). The summed E-state index contributed by atoms with van der Waals surface area (Å²) in [7, 11) is 0. The highest BCUT2D eigenvalue weighted by atomic mass is 16.2. The van der Waals surface area contributed by atoms with Crippen molar-refractivity contribution in [3.63, 3.8) is 0 Å². The lowest BCUT2D eigenvalue weighted by atomic mass is 10.1. The molecule has 3 heteroatoms. The van der Waals surface area contributed by atoms with Crippen LogP contribution in [-0.4, -0.2) is 24.2 Å². The zero-order valence-corrected chi connectivity index (χ0v) is 12.1. The van der Waals surface area contributed by atoms with Gasteiger partial charge in [-0.25, -0.2) is 0 Å². The number of aliphatic hydroxyl groups is 1. The Labute approximate surface area is 120 Å². The van der Waals surface area contributed by atoms with Crippen molar-refractivity contribution in [1.29, 1.82) is 0 Å². The quantitative estimate of drug-likeness (QED) is 0.825. The average Bonchev–Trinajstić information content (AvgIpc) is 3.04.